The van der Waals surface area contributed by atoms with Crippen molar-refractivity contribution in [2.24, 2.45) is 4.99 Å². The Morgan fingerprint density at radius 3 is 2.58 bits per heavy atom. The number of aryl methyl sites for hydroxylation is 1. The quantitative estimate of drug-likeness (QED) is 0.284. The van der Waals surface area contributed by atoms with Crippen LogP contribution in [0.3, 0.4) is 0 Å². The number of ether oxygens (including phenoxy) is 1. The topological polar surface area (TPSA) is 52.1 Å². The van der Waals surface area contributed by atoms with Gasteiger partial charge in [-0.1, -0.05) is 31.9 Å². The zero-order valence-corrected chi connectivity index (χ0v) is 20.4. The molecule has 0 aliphatic carbocycles. The summed E-state index contributed by atoms with van der Waals surface area (Å²) in [6.07, 6.45) is 5.91. The monoisotopic (exact) mass is 431 g/mol. The molecule has 1 fully saturated rings. The highest BCUT2D eigenvalue weighted by atomic mass is 16.5. The number of hydrogen-bond donors (Lipinski definition) is 2. The van der Waals surface area contributed by atoms with E-state index in [0.29, 0.717) is 6.54 Å². The van der Waals surface area contributed by atoms with Gasteiger partial charge in [0.1, 0.15) is 5.75 Å². The van der Waals surface area contributed by atoms with Crippen LogP contribution in [0.25, 0.3) is 0 Å². The zero-order valence-electron chi connectivity index (χ0n) is 20.4. The molecular formula is C25H45N5O. The molecule has 0 spiro atoms. The Hall–Kier alpha value is -1.79. The molecule has 2 N–H and O–H groups in total. The van der Waals surface area contributed by atoms with Crippen LogP contribution in [0, 0.1) is 6.92 Å². The van der Waals surface area contributed by atoms with Crippen molar-refractivity contribution in [2.75, 3.05) is 59.5 Å². The summed E-state index contributed by atoms with van der Waals surface area (Å²) in [5.74, 6) is 1.86. The van der Waals surface area contributed by atoms with E-state index in [1.54, 1.807) is 0 Å². The van der Waals surface area contributed by atoms with Gasteiger partial charge in [0, 0.05) is 44.8 Å². The molecular weight excluding hydrogens is 386 g/mol. The molecule has 1 aromatic rings. The molecule has 0 saturated carbocycles. The molecule has 0 atom stereocenters. The van der Waals surface area contributed by atoms with E-state index in [2.05, 4.69) is 66.5 Å². The Morgan fingerprint density at radius 2 is 1.84 bits per heavy atom. The van der Waals surface area contributed by atoms with Crippen molar-refractivity contribution in [1.82, 2.24) is 20.4 Å². The van der Waals surface area contributed by atoms with Crippen molar-refractivity contribution in [2.45, 2.75) is 59.4 Å². The van der Waals surface area contributed by atoms with Crippen molar-refractivity contribution >= 4 is 5.96 Å². The minimum atomic E-state index is 0.625. The molecule has 1 saturated heterocycles. The van der Waals surface area contributed by atoms with Crippen molar-refractivity contribution in [3.05, 3.63) is 29.3 Å². The van der Waals surface area contributed by atoms with Crippen LogP contribution in [-0.4, -0.2) is 75.2 Å². The third-order valence-corrected chi connectivity index (χ3v) is 5.77. The predicted molar refractivity (Wildman–Crippen MR) is 132 cm³/mol. The summed E-state index contributed by atoms with van der Waals surface area (Å²) in [6.45, 7) is 15.6. The lowest BCUT2D eigenvalue weighted by molar-refractivity contribution is 0.152. The van der Waals surface area contributed by atoms with Crippen molar-refractivity contribution < 1.29 is 4.74 Å². The molecule has 0 unspecified atom stereocenters. The van der Waals surface area contributed by atoms with Gasteiger partial charge in [0.2, 0.25) is 0 Å². The van der Waals surface area contributed by atoms with Crippen LogP contribution < -0.4 is 15.4 Å². The maximum Gasteiger partial charge on any atom is 0.191 e. The Bertz CT molecular complexity index is 641. The first-order valence-corrected chi connectivity index (χ1v) is 12.3. The van der Waals surface area contributed by atoms with E-state index >= 15 is 0 Å². The molecule has 6 heteroatoms. The third kappa shape index (κ3) is 10.4. The van der Waals surface area contributed by atoms with Crippen molar-refractivity contribution in [3.63, 3.8) is 0 Å². The third-order valence-electron chi connectivity index (χ3n) is 5.77. The fraction of sp³-hybridized carbons (Fsp3) is 0.720. The van der Waals surface area contributed by atoms with Gasteiger partial charge in [-0.05, 0) is 58.3 Å². The number of unbranched alkanes of at least 4 members (excludes halogenated alkanes) is 3. The minimum Gasteiger partial charge on any atom is -0.493 e. The fourth-order valence-electron chi connectivity index (χ4n) is 3.71. The average molecular weight is 432 g/mol. The normalized spacial score (nSPS) is 15.8. The Kier molecular flexibility index (Phi) is 12.4. The Labute approximate surface area is 190 Å². The molecule has 1 aliphatic heterocycles. The van der Waals surface area contributed by atoms with Gasteiger partial charge < -0.3 is 25.2 Å². The molecule has 176 valence electrons. The first-order valence-electron chi connectivity index (χ1n) is 12.3. The number of benzene rings is 1. The Balaban J connectivity index is 1.78. The molecule has 6 nitrogen and oxygen atoms in total. The van der Waals surface area contributed by atoms with Gasteiger partial charge in [0.15, 0.2) is 5.96 Å². The van der Waals surface area contributed by atoms with E-state index in [1.807, 2.05) is 0 Å². The van der Waals surface area contributed by atoms with Crippen LogP contribution in [-0.2, 0) is 6.54 Å². The molecule has 0 bridgehead atoms. The first kappa shape index (κ1) is 25.5. The second-order valence-electron chi connectivity index (χ2n) is 8.64. The summed E-state index contributed by atoms with van der Waals surface area (Å²) in [6, 6.07) is 6.42. The van der Waals surface area contributed by atoms with Crippen molar-refractivity contribution in [1.29, 1.82) is 0 Å². The van der Waals surface area contributed by atoms with Gasteiger partial charge in [-0.2, -0.15) is 0 Å². The molecule has 1 aliphatic rings. The smallest absolute Gasteiger partial charge is 0.191 e. The van der Waals surface area contributed by atoms with E-state index in [1.165, 1.54) is 57.5 Å². The SMILES string of the molecule is CCCCCOc1cc(C)ccc1CN=C(NCC)NCCCCN1CCN(C)CC1. The molecule has 31 heavy (non-hydrogen) atoms. The van der Waals surface area contributed by atoms with Crippen LogP contribution in [0.1, 0.15) is 57.1 Å². The number of rotatable bonds is 13. The summed E-state index contributed by atoms with van der Waals surface area (Å²) in [5, 5.41) is 6.87. The highest BCUT2D eigenvalue weighted by Gasteiger charge is 2.12. The molecule has 0 aromatic heterocycles. The molecule has 0 amide bonds. The second-order valence-corrected chi connectivity index (χ2v) is 8.64. The predicted octanol–water partition coefficient (Wildman–Crippen LogP) is 3.65. The average Bonchev–Trinajstić information content (AvgIpc) is 2.77. The summed E-state index contributed by atoms with van der Waals surface area (Å²) < 4.78 is 6.07. The van der Waals surface area contributed by atoms with E-state index in [-0.39, 0.29) is 0 Å². The zero-order chi connectivity index (χ0) is 22.3. The van der Waals surface area contributed by atoms with Crippen LogP contribution in [0.4, 0.5) is 0 Å². The molecule has 1 heterocycles. The van der Waals surface area contributed by atoms with Crippen LogP contribution >= 0.6 is 0 Å². The summed E-state index contributed by atoms with van der Waals surface area (Å²) in [4.78, 5) is 9.80. The van der Waals surface area contributed by atoms with E-state index in [0.717, 1.165) is 49.8 Å². The van der Waals surface area contributed by atoms with Gasteiger partial charge in [0.05, 0.1) is 13.2 Å². The molecule has 2 rings (SSSR count). The van der Waals surface area contributed by atoms with E-state index in [9.17, 15) is 0 Å². The number of likely N-dealkylation sites (N-methyl/N-ethyl adjacent to an activating group) is 1. The van der Waals surface area contributed by atoms with Crippen LogP contribution in [0.5, 0.6) is 5.75 Å². The summed E-state index contributed by atoms with van der Waals surface area (Å²) in [5.41, 5.74) is 2.37. The van der Waals surface area contributed by atoms with Crippen molar-refractivity contribution in [3.8, 4) is 5.75 Å². The lowest BCUT2D eigenvalue weighted by Crippen LogP contribution is -2.44. The number of guanidine groups is 1. The van der Waals surface area contributed by atoms with Gasteiger partial charge in [0.25, 0.3) is 0 Å². The van der Waals surface area contributed by atoms with Gasteiger partial charge in [-0.3, -0.25) is 0 Å². The maximum absolute atomic E-state index is 6.07. The first-order chi connectivity index (χ1) is 15.1. The van der Waals surface area contributed by atoms with Gasteiger partial charge >= 0.3 is 0 Å². The largest absolute Gasteiger partial charge is 0.493 e. The van der Waals surface area contributed by atoms with E-state index < -0.39 is 0 Å². The number of nitrogens with zero attached hydrogens (tertiary/aromatic N) is 3. The van der Waals surface area contributed by atoms with Crippen LogP contribution in [0.15, 0.2) is 23.2 Å². The second kappa shape index (κ2) is 15.1. The highest BCUT2D eigenvalue weighted by Crippen LogP contribution is 2.21. The highest BCUT2D eigenvalue weighted by molar-refractivity contribution is 5.79. The van der Waals surface area contributed by atoms with E-state index in [4.69, 9.17) is 9.73 Å². The summed E-state index contributed by atoms with van der Waals surface area (Å²) in [7, 11) is 2.21. The summed E-state index contributed by atoms with van der Waals surface area (Å²) >= 11 is 0. The molecule has 1 aromatic carbocycles. The lowest BCUT2D eigenvalue weighted by atomic mass is 10.1. The van der Waals surface area contributed by atoms with Crippen LogP contribution in [0.2, 0.25) is 0 Å². The fourth-order valence-corrected chi connectivity index (χ4v) is 3.71. The minimum absolute atomic E-state index is 0.625. The van der Waals surface area contributed by atoms with Gasteiger partial charge in [-0.15, -0.1) is 0 Å². The maximum atomic E-state index is 6.07. The number of hydrogen-bond acceptors (Lipinski definition) is 4. The number of piperazine rings is 1. The number of aliphatic imine (C=N–C) groups is 1. The van der Waals surface area contributed by atoms with Gasteiger partial charge in [-0.25, -0.2) is 4.99 Å². The number of nitrogens with one attached hydrogen (secondary N) is 2. The lowest BCUT2D eigenvalue weighted by Gasteiger charge is -2.32. The standard InChI is InChI=1S/C25H45N5O/c1-5-7-10-19-31-24-20-22(3)11-12-23(24)21-28-25(26-6-2)27-13-8-9-14-30-17-15-29(4)16-18-30/h11-12,20H,5-10,13-19,21H2,1-4H3,(H2,26,27,28). The molecule has 0 radical (unpaired) electrons. The Morgan fingerprint density at radius 1 is 1.03 bits per heavy atom.